The van der Waals surface area contributed by atoms with Crippen LogP contribution in [0, 0.1) is 26.2 Å². The van der Waals surface area contributed by atoms with Crippen LogP contribution in [0.1, 0.15) is 49.8 Å². The van der Waals surface area contributed by atoms with Crippen LogP contribution in [-0.2, 0) is 0 Å². The van der Waals surface area contributed by atoms with Crippen LogP contribution in [0.4, 0.5) is 0 Å². The molecule has 0 saturated heterocycles. The molecular weight excluding hydrogens is 234 g/mol. The zero-order valence-corrected chi connectivity index (χ0v) is 12.9. The van der Waals surface area contributed by atoms with Crippen molar-refractivity contribution < 1.29 is 4.74 Å². The first kappa shape index (κ1) is 14.4. The third kappa shape index (κ3) is 2.94. The molecule has 1 saturated carbocycles. The van der Waals surface area contributed by atoms with Crippen LogP contribution in [0.15, 0.2) is 12.1 Å². The summed E-state index contributed by atoms with van der Waals surface area (Å²) in [5, 5.41) is 0. The van der Waals surface area contributed by atoms with Crippen molar-refractivity contribution in [3.05, 3.63) is 28.8 Å². The summed E-state index contributed by atoms with van der Waals surface area (Å²) < 4.78 is 6.27. The van der Waals surface area contributed by atoms with Crippen molar-refractivity contribution in [2.75, 3.05) is 0 Å². The van der Waals surface area contributed by atoms with E-state index >= 15 is 0 Å². The van der Waals surface area contributed by atoms with Crippen LogP contribution in [0.25, 0.3) is 0 Å². The Labute approximate surface area is 117 Å². The molecule has 1 aliphatic rings. The zero-order valence-electron chi connectivity index (χ0n) is 12.9. The normalized spacial score (nSPS) is 26.2. The summed E-state index contributed by atoms with van der Waals surface area (Å²) in [5.41, 5.74) is 10.4. The second kappa shape index (κ2) is 5.16. The lowest BCUT2D eigenvalue weighted by Gasteiger charge is -2.41. The van der Waals surface area contributed by atoms with Gasteiger partial charge in [-0.25, -0.2) is 0 Å². The maximum atomic E-state index is 6.41. The molecule has 2 nitrogen and oxygen atoms in total. The first-order chi connectivity index (χ1) is 8.81. The molecule has 2 heteroatoms. The van der Waals surface area contributed by atoms with Crippen molar-refractivity contribution in [2.45, 2.75) is 66.0 Å². The monoisotopic (exact) mass is 261 g/mol. The Balaban J connectivity index is 2.21. The van der Waals surface area contributed by atoms with E-state index in [4.69, 9.17) is 10.5 Å². The molecule has 106 valence electrons. The molecule has 0 bridgehead atoms. The first-order valence-corrected chi connectivity index (χ1v) is 7.31. The van der Waals surface area contributed by atoms with Gasteiger partial charge < -0.3 is 10.5 Å². The van der Waals surface area contributed by atoms with Crippen LogP contribution in [-0.4, -0.2) is 12.1 Å². The van der Waals surface area contributed by atoms with E-state index in [1.165, 1.54) is 29.5 Å². The molecular formula is C17H27NO. The summed E-state index contributed by atoms with van der Waals surface area (Å²) >= 11 is 0. The molecule has 0 radical (unpaired) electrons. The van der Waals surface area contributed by atoms with Crippen LogP contribution in [0.3, 0.4) is 0 Å². The van der Waals surface area contributed by atoms with E-state index in [-0.39, 0.29) is 17.6 Å². The van der Waals surface area contributed by atoms with E-state index < -0.39 is 0 Å². The van der Waals surface area contributed by atoms with Gasteiger partial charge in [0, 0.05) is 6.04 Å². The maximum Gasteiger partial charge on any atom is 0.123 e. The maximum absolute atomic E-state index is 6.41. The van der Waals surface area contributed by atoms with Gasteiger partial charge >= 0.3 is 0 Å². The van der Waals surface area contributed by atoms with Gasteiger partial charge in [-0.1, -0.05) is 19.9 Å². The molecule has 1 aromatic carbocycles. The molecule has 2 atom stereocenters. The molecule has 19 heavy (non-hydrogen) atoms. The molecule has 0 heterocycles. The number of hydrogen-bond acceptors (Lipinski definition) is 2. The molecule has 2 unspecified atom stereocenters. The Bertz CT molecular complexity index is 465. The minimum Gasteiger partial charge on any atom is -0.489 e. The molecule has 1 fully saturated rings. The Morgan fingerprint density at radius 3 is 2.58 bits per heavy atom. The highest BCUT2D eigenvalue weighted by Crippen LogP contribution is 2.37. The average molecular weight is 261 g/mol. The van der Waals surface area contributed by atoms with E-state index in [1.807, 2.05) is 0 Å². The molecule has 0 spiro atoms. The molecule has 1 aliphatic carbocycles. The van der Waals surface area contributed by atoms with E-state index in [9.17, 15) is 0 Å². The van der Waals surface area contributed by atoms with Gasteiger partial charge in [0.2, 0.25) is 0 Å². The predicted octanol–water partition coefficient (Wildman–Crippen LogP) is 3.90. The zero-order chi connectivity index (χ0) is 14.2. The van der Waals surface area contributed by atoms with Crippen LogP contribution >= 0.6 is 0 Å². The van der Waals surface area contributed by atoms with Crippen LogP contribution < -0.4 is 10.5 Å². The smallest absolute Gasteiger partial charge is 0.123 e. The van der Waals surface area contributed by atoms with Crippen molar-refractivity contribution in [3.63, 3.8) is 0 Å². The molecule has 1 aromatic rings. The Morgan fingerprint density at radius 2 is 1.89 bits per heavy atom. The molecule has 0 aromatic heterocycles. The molecule has 2 N–H and O–H groups in total. The van der Waals surface area contributed by atoms with Crippen molar-refractivity contribution >= 4 is 0 Å². The third-order valence-corrected chi connectivity index (χ3v) is 4.66. The highest BCUT2D eigenvalue weighted by atomic mass is 16.5. The van der Waals surface area contributed by atoms with Gasteiger partial charge in [0.25, 0.3) is 0 Å². The Hall–Kier alpha value is -1.02. The fourth-order valence-corrected chi connectivity index (χ4v) is 3.03. The van der Waals surface area contributed by atoms with E-state index in [1.54, 1.807) is 0 Å². The Kier molecular flexibility index (Phi) is 3.91. The topological polar surface area (TPSA) is 35.2 Å². The van der Waals surface area contributed by atoms with Crippen LogP contribution in [0.5, 0.6) is 5.75 Å². The minimum atomic E-state index is 0.112. The van der Waals surface area contributed by atoms with Crippen molar-refractivity contribution in [1.29, 1.82) is 0 Å². The largest absolute Gasteiger partial charge is 0.489 e. The highest BCUT2D eigenvalue weighted by molar-refractivity contribution is 5.42. The number of hydrogen-bond donors (Lipinski definition) is 1. The quantitative estimate of drug-likeness (QED) is 0.876. The number of benzene rings is 1. The summed E-state index contributed by atoms with van der Waals surface area (Å²) in [6.45, 7) is 10.9. The summed E-state index contributed by atoms with van der Waals surface area (Å²) in [4.78, 5) is 0. The van der Waals surface area contributed by atoms with Crippen LogP contribution in [0.2, 0.25) is 0 Å². The van der Waals surface area contributed by atoms with Gasteiger partial charge in [0.1, 0.15) is 11.9 Å². The highest BCUT2D eigenvalue weighted by Gasteiger charge is 2.37. The van der Waals surface area contributed by atoms with Crippen molar-refractivity contribution in [1.82, 2.24) is 0 Å². The summed E-state index contributed by atoms with van der Waals surface area (Å²) in [7, 11) is 0. The van der Waals surface area contributed by atoms with E-state index in [0.29, 0.717) is 0 Å². The number of ether oxygens (including phenoxy) is 1. The molecule has 0 aliphatic heterocycles. The van der Waals surface area contributed by atoms with Gasteiger partial charge in [-0.3, -0.25) is 0 Å². The fraction of sp³-hybridized carbons (Fsp3) is 0.647. The van der Waals surface area contributed by atoms with Gasteiger partial charge in [0.15, 0.2) is 0 Å². The summed E-state index contributed by atoms with van der Waals surface area (Å²) in [6.07, 6.45) is 3.61. The average Bonchev–Trinajstić information content (AvgIpc) is 2.31. The number of aryl methyl sites for hydroxylation is 2. The Morgan fingerprint density at radius 1 is 1.21 bits per heavy atom. The second-order valence-corrected chi connectivity index (χ2v) is 6.77. The van der Waals surface area contributed by atoms with Crippen molar-refractivity contribution in [3.8, 4) is 5.75 Å². The lowest BCUT2D eigenvalue weighted by Crippen LogP contribution is -2.52. The minimum absolute atomic E-state index is 0.112. The lowest BCUT2D eigenvalue weighted by atomic mass is 9.72. The van der Waals surface area contributed by atoms with E-state index in [0.717, 1.165) is 12.2 Å². The SMILES string of the molecule is Cc1cc(C)c(C)c(OC2CCCC(C)(C)C2N)c1. The van der Waals surface area contributed by atoms with Crippen molar-refractivity contribution in [2.24, 2.45) is 11.1 Å². The van der Waals surface area contributed by atoms with E-state index in [2.05, 4.69) is 46.8 Å². The van der Waals surface area contributed by atoms with Gasteiger partial charge in [0.05, 0.1) is 0 Å². The van der Waals surface area contributed by atoms with Gasteiger partial charge in [-0.15, -0.1) is 0 Å². The molecule has 2 rings (SSSR count). The fourth-order valence-electron chi connectivity index (χ4n) is 3.03. The van der Waals surface area contributed by atoms with Gasteiger partial charge in [-0.2, -0.15) is 0 Å². The lowest BCUT2D eigenvalue weighted by molar-refractivity contribution is 0.0562. The number of nitrogens with two attached hydrogens (primary N) is 1. The first-order valence-electron chi connectivity index (χ1n) is 7.31. The number of rotatable bonds is 2. The van der Waals surface area contributed by atoms with Gasteiger partial charge in [-0.05, 0) is 68.2 Å². The summed E-state index contributed by atoms with van der Waals surface area (Å²) in [5.74, 6) is 1.01. The molecule has 0 amide bonds. The standard InChI is InChI=1S/C17H27NO/c1-11-9-12(2)13(3)15(10-11)19-14-7-6-8-17(4,5)16(14)18/h9-10,14,16H,6-8,18H2,1-5H3. The third-order valence-electron chi connectivity index (χ3n) is 4.66. The summed E-state index contributed by atoms with van der Waals surface area (Å²) in [6, 6.07) is 4.45. The predicted molar refractivity (Wildman–Crippen MR) is 80.7 cm³/mol. The second-order valence-electron chi connectivity index (χ2n) is 6.77.